The molecular formula is C10H15ClN2OS. The van der Waals surface area contributed by atoms with E-state index in [1.807, 2.05) is 0 Å². The SMILES string of the molecule is Cc1ccsc1CNC(=O)[C@H]1CCN1.Cl. The number of rotatable bonds is 3. The van der Waals surface area contributed by atoms with E-state index in [1.54, 1.807) is 11.3 Å². The summed E-state index contributed by atoms with van der Waals surface area (Å²) in [6, 6.07) is 2.13. The summed E-state index contributed by atoms with van der Waals surface area (Å²) in [6.07, 6.45) is 0.968. The van der Waals surface area contributed by atoms with E-state index in [0.717, 1.165) is 13.0 Å². The van der Waals surface area contributed by atoms with Crippen LogP contribution in [0.4, 0.5) is 0 Å². The Bertz CT molecular complexity index is 336. The number of nitrogens with one attached hydrogen (secondary N) is 2. The van der Waals surface area contributed by atoms with E-state index >= 15 is 0 Å². The van der Waals surface area contributed by atoms with E-state index < -0.39 is 0 Å². The highest BCUT2D eigenvalue weighted by Gasteiger charge is 2.23. The lowest BCUT2D eigenvalue weighted by Gasteiger charge is -2.26. The van der Waals surface area contributed by atoms with Crippen LogP contribution in [0.2, 0.25) is 0 Å². The van der Waals surface area contributed by atoms with Crippen molar-refractivity contribution in [3.05, 3.63) is 21.9 Å². The monoisotopic (exact) mass is 246 g/mol. The van der Waals surface area contributed by atoms with Crippen LogP contribution < -0.4 is 10.6 Å². The first-order chi connectivity index (χ1) is 6.77. The van der Waals surface area contributed by atoms with Crippen molar-refractivity contribution < 1.29 is 4.79 Å². The molecule has 5 heteroatoms. The minimum absolute atomic E-state index is 0. The van der Waals surface area contributed by atoms with Gasteiger partial charge in [0.2, 0.25) is 5.91 Å². The Morgan fingerprint density at radius 1 is 1.73 bits per heavy atom. The maximum absolute atomic E-state index is 11.5. The van der Waals surface area contributed by atoms with Gasteiger partial charge in [0.25, 0.3) is 0 Å². The molecule has 2 N–H and O–H groups in total. The molecule has 2 heterocycles. The van der Waals surface area contributed by atoms with Crippen molar-refractivity contribution in [3.63, 3.8) is 0 Å². The Labute approximate surface area is 99.7 Å². The summed E-state index contributed by atoms with van der Waals surface area (Å²) in [5.74, 6) is 0.129. The van der Waals surface area contributed by atoms with Crippen LogP contribution in [0.15, 0.2) is 11.4 Å². The van der Waals surface area contributed by atoms with Crippen LogP contribution in [0.3, 0.4) is 0 Å². The highest BCUT2D eigenvalue weighted by atomic mass is 35.5. The second-order valence-electron chi connectivity index (χ2n) is 3.54. The van der Waals surface area contributed by atoms with E-state index in [0.29, 0.717) is 6.54 Å². The van der Waals surface area contributed by atoms with Crippen LogP contribution in [0, 0.1) is 6.92 Å². The van der Waals surface area contributed by atoms with Crippen molar-refractivity contribution >= 4 is 29.7 Å². The van der Waals surface area contributed by atoms with Gasteiger partial charge in [0.1, 0.15) is 0 Å². The molecule has 1 aromatic heterocycles. The van der Waals surface area contributed by atoms with Gasteiger partial charge in [0.15, 0.2) is 0 Å². The third-order valence-electron chi connectivity index (χ3n) is 2.53. The molecule has 84 valence electrons. The fourth-order valence-corrected chi connectivity index (χ4v) is 2.23. The zero-order valence-electron chi connectivity index (χ0n) is 8.58. The molecule has 3 nitrogen and oxygen atoms in total. The topological polar surface area (TPSA) is 41.1 Å². The van der Waals surface area contributed by atoms with Crippen molar-refractivity contribution in [3.8, 4) is 0 Å². The summed E-state index contributed by atoms with van der Waals surface area (Å²) in [5, 5.41) is 8.07. The van der Waals surface area contributed by atoms with Gasteiger partial charge in [-0.1, -0.05) is 0 Å². The number of carbonyl (C=O) groups is 1. The Balaban J connectivity index is 0.00000112. The van der Waals surface area contributed by atoms with Gasteiger partial charge in [-0.05, 0) is 36.9 Å². The largest absolute Gasteiger partial charge is 0.350 e. The molecule has 0 bridgehead atoms. The molecule has 0 radical (unpaired) electrons. The molecule has 0 aliphatic carbocycles. The number of amides is 1. The third kappa shape index (κ3) is 2.93. The lowest BCUT2D eigenvalue weighted by atomic mass is 10.1. The van der Waals surface area contributed by atoms with Crippen molar-refractivity contribution in [2.75, 3.05) is 6.54 Å². The Kier molecular flexibility index (Phi) is 4.57. The van der Waals surface area contributed by atoms with Crippen LogP contribution in [-0.4, -0.2) is 18.5 Å². The van der Waals surface area contributed by atoms with Crippen LogP contribution in [0.25, 0.3) is 0 Å². The highest BCUT2D eigenvalue weighted by Crippen LogP contribution is 2.15. The van der Waals surface area contributed by atoms with Gasteiger partial charge in [0.05, 0.1) is 12.6 Å². The number of hydrogen-bond donors (Lipinski definition) is 2. The first-order valence-electron chi connectivity index (χ1n) is 4.81. The molecule has 0 unspecified atom stereocenters. The summed E-state index contributed by atoms with van der Waals surface area (Å²) in [5.41, 5.74) is 1.26. The number of aryl methyl sites for hydroxylation is 1. The molecule has 1 aliphatic rings. The third-order valence-corrected chi connectivity index (χ3v) is 3.55. The lowest BCUT2D eigenvalue weighted by molar-refractivity contribution is -0.124. The standard InChI is InChI=1S/C10H14N2OS.ClH/c1-7-3-5-14-9(7)6-12-10(13)8-2-4-11-8;/h3,5,8,11H,2,4,6H2,1H3,(H,12,13);1H/t8-;/m1./s1. The molecule has 0 spiro atoms. The Morgan fingerprint density at radius 3 is 2.93 bits per heavy atom. The van der Waals surface area contributed by atoms with Crippen LogP contribution >= 0.6 is 23.7 Å². The molecule has 1 amide bonds. The van der Waals surface area contributed by atoms with Crippen molar-refractivity contribution in [2.45, 2.75) is 25.9 Å². The van der Waals surface area contributed by atoms with Gasteiger partial charge in [-0.15, -0.1) is 23.7 Å². The smallest absolute Gasteiger partial charge is 0.237 e. The average molecular weight is 247 g/mol. The van der Waals surface area contributed by atoms with Gasteiger partial charge >= 0.3 is 0 Å². The molecule has 2 rings (SSSR count). The van der Waals surface area contributed by atoms with Crippen LogP contribution in [-0.2, 0) is 11.3 Å². The first-order valence-corrected chi connectivity index (χ1v) is 5.69. The number of thiophene rings is 1. The maximum Gasteiger partial charge on any atom is 0.237 e. The number of halogens is 1. The van der Waals surface area contributed by atoms with E-state index in [9.17, 15) is 4.79 Å². The lowest BCUT2D eigenvalue weighted by Crippen LogP contribution is -2.52. The van der Waals surface area contributed by atoms with Gasteiger partial charge < -0.3 is 10.6 Å². The van der Waals surface area contributed by atoms with Crippen LogP contribution in [0.5, 0.6) is 0 Å². The quantitative estimate of drug-likeness (QED) is 0.848. The second-order valence-corrected chi connectivity index (χ2v) is 4.54. The Morgan fingerprint density at radius 2 is 2.47 bits per heavy atom. The molecule has 1 fully saturated rings. The summed E-state index contributed by atoms with van der Waals surface area (Å²) >= 11 is 1.69. The predicted molar refractivity (Wildman–Crippen MR) is 64.6 cm³/mol. The highest BCUT2D eigenvalue weighted by molar-refractivity contribution is 7.10. The molecular weight excluding hydrogens is 232 g/mol. The van der Waals surface area contributed by atoms with E-state index in [4.69, 9.17) is 0 Å². The average Bonchev–Trinajstić information content (AvgIpc) is 2.44. The minimum Gasteiger partial charge on any atom is -0.350 e. The first kappa shape index (κ1) is 12.5. The van der Waals surface area contributed by atoms with E-state index in [-0.39, 0.29) is 24.4 Å². The fourth-order valence-electron chi connectivity index (χ4n) is 1.39. The zero-order chi connectivity index (χ0) is 9.97. The number of hydrogen-bond acceptors (Lipinski definition) is 3. The minimum atomic E-state index is 0. The van der Waals surface area contributed by atoms with Crippen molar-refractivity contribution in [1.29, 1.82) is 0 Å². The van der Waals surface area contributed by atoms with Gasteiger partial charge in [0, 0.05) is 4.88 Å². The summed E-state index contributed by atoms with van der Waals surface area (Å²) in [6.45, 7) is 3.70. The Hall–Kier alpha value is -0.580. The predicted octanol–water partition coefficient (Wildman–Crippen LogP) is 1.46. The van der Waals surface area contributed by atoms with Gasteiger partial charge in [-0.2, -0.15) is 0 Å². The van der Waals surface area contributed by atoms with E-state index in [2.05, 4.69) is 29.0 Å². The summed E-state index contributed by atoms with van der Waals surface area (Å²) in [7, 11) is 0. The fraction of sp³-hybridized carbons (Fsp3) is 0.500. The summed E-state index contributed by atoms with van der Waals surface area (Å²) in [4.78, 5) is 12.7. The zero-order valence-corrected chi connectivity index (χ0v) is 10.2. The molecule has 0 saturated carbocycles. The molecule has 0 aromatic carbocycles. The van der Waals surface area contributed by atoms with Gasteiger partial charge in [-0.25, -0.2) is 0 Å². The molecule has 15 heavy (non-hydrogen) atoms. The normalized spacial score (nSPS) is 18.9. The van der Waals surface area contributed by atoms with E-state index in [1.165, 1.54) is 10.4 Å². The van der Waals surface area contributed by atoms with Gasteiger partial charge in [-0.3, -0.25) is 4.79 Å². The van der Waals surface area contributed by atoms with Crippen molar-refractivity contribution in [1.82, 2.24) is 10.6 Å². The molecule has 1 atom stereocenters. The summed E-state index contributed by atoms with van der Waals surface area (Å²) < 4.78 is 0. The van der Waals surface area contributed by atoms with Crippen LogP contribution in [0.1, 0.15) is 16.9 Å². The number of carbonyl (C=O) groups excluding carboxylic acids is 1. The molecule has 1 aromatic rings. The molecule has 1 saturated heterocycles. The maximum atomic E-state index is 11.5. The molecule has 1 aliphatic heterocycles. The van der Waals surface area contributed by atoms with Crippen molar-refractivity contribution in [2.24, 2.45) is 0 Å². The second kappa shape index (κ2) is 5.49.